The summed E-state index contributed by atoms with van der Waals surface area (Å²) in [5.41, 5.74) is 1.22. The Labute approximate surface area is 162 Å². The highest BCUT2D eigenvalue weighted by molar-refractivity contribution is 7.99. The van der Waals surface area contributed by atoms with E-state index in [1.807, 2.05) is 19.1 Å². The maximum Gasteiger partial charge on any atom is 0.230 e. The number of rotatable bonds is 10. The summed E-state index contributed by atoms with van der Waals surface area (Å²) < 4.78 is 11.1. The Kier molecular flexibility index (Phi) is 8.79. The third kappa shape index (κ3) is 6.51. The average Bonchev–Trinajstić information content (AvgIpc) is 2.65. The van der Waals surface area contributed by atoms with E-state index in [9.17, 15) is 4.79 Å². The van der Waals surface area contributed by atoms with Gasteiger partial charge in [-0.3, -0.25) is 4.79 Å². The molecule has 0 radical (unpaired) electrons. The molecule has 146 valence electrons. The van der Waals surface area contributed by atoms with Gasteiger partial charge < -0.3 is 14.8 Å². The van der Waals surface area contributed by atoms with Crippen LogP contribution < -0.4 is 10.1 Å². The van der Waals surface area contributed by atoms with Crippen molar-refractivity contribution < 1.29 is 14.3 Å². The van der Waals surface area contributed by atoms with Crippen LogP contribution in [0.25, 0.3) is 0 Å². The number of carbonyl (C=O) groups is 1. The first-order valence-corrected chi connectivity index (χ1v) is 10.9. The molecule has 1 aromatic carbocycles. The number of carbonyl (C=O) groups excluding carboxylic acids is 1. The standard InChI is InChI=1S/C21H33NO3S/c1-4-25-19-7-5-18(6-8-19)21(10-12-24-13-11-21)16-22-20(23)15-26-14-9-17(2)3/h5-8,17H,4,9-16H2,1-3H3,(H,22,23). The summed E-state index contributed by atoms with van der Waals surface area (Å²) in [5.74, 6) is 3.31. The number of thioether (sulfide) groups is 1. The zero-order valence-electron chi connectivity index (χ0n) is 16.4. The highest BCUT2D eigenvalue weighted by Gasteiger charge is 2.34. The third-order valence-corrected chi connectivity index (χ3v) is 5.91. The number of ether oxygens (including phenoxy) is 2. The predicted octanol–water partition coefficient (Wildman–Crippen LogP) is 4.03. The van der Waals surface area contributed by atoms with E-state index in [4.69, 9.17) is 9.47 Å². The molecular weight excluding hydrogens is 346 g/mol. The minimum Gasteiger partial charge on any atom is -0.494 e. The van der Waals surface area contributed by atoms with Gasteiger partial charge in [0.05, 0.1) is 12.4 Å². The first-order valence-electron chi connectivity index (χ1n) is 9.71. The minimum atomic E-state index is -0.0404. The van der Waals surface area contributed by atoms with Gasteiger partial charge in [0.15, 0.2) is 0 Å². The van der Waals surface area contributed by atoms with Gasteiger partial charge in [0.2, 0.25) is 5.91 Å². The first-order chi connectivity index (χ1) is 12.6. The number of hydrogen-bond acceptors (Lipinski definition) is 4. The van der Waals surface area contributed by atoms with Gasteiger partial charge in [0.25, 0.3) is 0 Å². The summed E-state index contributed by atoms with van der Waals surface area (Å²) in [6.07, 6.45) is 3.02. The second kappa shape index (κ2) is 10.8. The number of amides is 1. The summed E-state index contributed by atoms with van der Waals surface area (Å²) in [6, 6.07) is 8.33. The van der Waals surface area contributed by atoms with Crippen LogP contribution in [0.3, 0.4) is 0 Å². The summed E-state index contributed by atoms with van der Waals surface area (Å²) in [6.45, 7) is 9.25. The number of nitrogens with one attached hydrogen (secondary N) is 1. The predicted molar refractivity (Wildman–Crippen MR) is 109 cm³/mol. The van der Waals surface area contributed by atoms with Gasteiger partial charge in [0, 0.05) is 25.2 Å². The molecule has 1 amide bonds. The molecular formula is C21H33NO3S. The van der Waals surface area contributed by atoms with Crippen molar-refractivity contribution in [3.63, 3.8) is 0 Å². The minimum absolute atomic E-state index is 0.0404. The summed E-state index contributed by atoms with van der Waals surface area (Å²) in [7, 11) is 0. The molecule has 5 heteroatoms. The van der Waals surface area contributed by atoms with E-state index in [1.54, 1.807) is 11.8 Å². The molecule has 0 aliphatic carbocycles. The molecule has 1 fully saturated rings. The van der Waals surface area contributed by atoms with Crippen LogP contribution >= 0.6 is 11.8 Å². The van der Waals surface area contributed by atoms with Crippen molar-refractivity contribution in [3.8, 4) is 5.75 Å². The Hall–Kier alpha value is -1.20. The highest BCUT2D eigenvalue weighted by atomic mass is 32.2. The fraction of sp³-hybridized carbons (Fsp3) is 0.667. The summed E-state index contributed by atoms with van der Waals surface area (Å²) >= 11 is 1.73. The lowest BCUT2D eigenvalue weighted by molar-refractivity contribution is -0.119. The van der Waals surface area contributed by atoms with Crippen LogP contribution in [0.2, 0.25) is 0 Å². The second-order valence-electron chi connectivity index (χ2n) is 7.36. The third-order valence-electron chi connectivity index (χ3n) is 4.92. The van der Waals surface area contributed by atoms with Crippen LogP contribution in [0.15, 0.2) is 24.3 Å². The van der Waals surface area contributed by atoms with Gasteiger partial charge in [-0.1, -0.05) is 26.0 Å². The smallest absolute Gasteiger partial charge is 0.230 e. The zero-order valence-corrected chi connectivity index (χ0v) is 17.2. The maximum absolute atomic E-state index is 12.3. The zero-order chi connectivity index (χ0) is 18.8. The lowest BCUT2D eigenvalue weighted by Crippen LogP contribution is -2.45. The molecule has 0 atom stereocenters. The van der Waals surface area contributed by atoms with Crippen LogP contribution in [-0.2, 0) is 14.9 Å². The number of benzene rings is 1. The lowest BCUT2D eigenvalue weighted by Gasteiger charge is -2.38. The first kappa shape index (κ1) is 21.1. The van der Waals surface area contributed by atoms with Crippen molar-refractivity contribution in [2.75, 3.05) is 37.9 Å². The van der Waals surface area contributed by atoms with Crippen LogP contribution in [0.1, 0.15) is 45.6 Å². The molecule has 1 N–H and O–H groups in total. The molecule has 0 saturated carbocycles. The molecule has 1 aromatic rings. The fourth-order valence-corrected chi connectivity index (χ4v) is 4.27. The molecule has 0 unspecified atom stereocenters. The van der Waals surface area contributed by atoms with Crippen molar-refractivity contribution in [1.29, 1.82) is 0 Å². The Morgan fingerprint density at radius 1 is 1.27 bits per heavy atom. The Morgan fingerprint density at radius 2 is 1.96 bits per heavy atom. The van der Waals surface area contributed by atoms with Crippen molar-refractivity contribution in [2.45, 2.75) is 45.4 Å². The molecule has 1 saturated heterocycles. The molecule has 1 aliphatic heterocycles. The molecule has 2 rings (SSSR count). The normalized spacial score (nSPS) is 16.5. The van der Waals surface area contributed by atoms with E-state index in [0.29, 0.717) is 24.8 Å². The van der Waals surface area contributed by atoms with E-state index in [0.717, 1.165) is 44.0 Å². The maximum atomic E-state index is 12.3. The van der Waals surface area contributed by atoms with Crippen LogP contribution in [-0.4, -0.2) is 43.8 Å². The van der Waals surface area contributed by atoms with Gasteiger partial charge in [-0.2, -0.15) is 11.8 Å². The molecule has 1 heterocycles. The second-order valence-corrected chi connectivity index (χ2v) is 8.47. The van der Waals surface area contributed by atoms with Gasteiger partial charge in [0.1, 0.15) is 5.75 Å². The van der Waals surface area contributed by atoms with Crippen LogP contribution in [0, 0.1) is 5.92 Å². The number of hydrogen-bond donors (Lipinski definition) is 1. The van der Waals surface area contributed by atoms with Crippen LogP contribution in [0.5, 0.6) is 5.75 Å². The van der Waals surface area contributed by atoms with E-state index in [2.05, 4.69) is 31.3 Å². The van der Waals surface area contributed by atoms with Gasteiger partial charge >= 0.3 is 0 Å². The average molecular weight is 380 g/mol. The molecule has 1 aliphatic rings. The van der Waals surface area contributed by atoms with Crippen molar-refractivity contribution in [3.05, 3.63) is 29.8 Å². The Bertz CT molecular complexity index is 539. The van der Waals surface area contributed by atoms with Crippen molar-refractivity contribution in [1.82, 2.24) is 5.32 Å². The highest BCUT2D eigenvalue weighted by Crippen LogP contribution is 2.35. The quantitative estimate of drug-likeness (QED) is 0.624. The van der Waals surface area contributed by atoms with E-state index >= 15 is 0 Å². The van der Waals surface area contributed by atoms with Gasteiger partial charge in [-0.05, 0) is 55.6 Å². The van der Waals surface area contributed by atoms with E-state index in [1.165, 1.54) is 5.56 Å². The Balaban J connectivity index is 1.92. The molecule has 0 spiro atoms. The molecule has 26 heavy (non-hydrogen) atoms. The van der Waals surface area contributed by atoms with E-state index in [-0.39, 0.29) is 11.3 Å². The largest absolute Gasteiger partial charge is 0.494 e. The molecule has 4 nitrogen and oxygen atoms in total. The van der Waals surface area contributed by atoms with Crippen LogP contribution in [0.4, 0.5) is 0 Å². The fourth-order valence-electron chi connectivity index (χ4n) is 3.20. The topological polar surface area (TPSA) is 47.6 Å². The van der Waals surface area contributed by atoms with Gasteiger partial charge in [-0.15, -0.1) is 0 Å². The summed E-state index contributed by atoms with van der Waals surface area (Å²) in [4.78, 5) is 12.3. The van der Waals surface area contributed by atoms with E-state index < -0.39 is 0 Å². The summed E-state index contributed by atoms with van der Waals surface area (Å²) in [5, 5.41) is 3.17. The lowest BCUT2D eigenvalue weighted by atomic mass is 9.74. The molecule has 0 aromatic heterocycles. The SMILES string of the molecule is CCOc1ccc(C2(CNC(=O)CSCCC(C)C)CCOCC2)cc1. The molecule has 0 bridgehead atoms. The van der Waals surface area contributed by atoms with Crippen molar-refractivity contribution in [2.24, 2.45) is 5.92 Å². The van der Waals surface area contributed by atoms with Gasteiger partial charge in [-0.25, -0.2) is 0 Å². The van der Waals surface area contributed by atoms with Crippen molar-refractivity contribution >= 4 is 17.7 Å². The monoisotopic (exact) mass is 379 g/mol. The Morgan fingerprint density at radius 3 is 2.58 bits per heavy atom.